The maximum atomic E-state index is 13.6. The van der Waals surface area contributed by atoms with Gasteiger partial charge in [0.15, 0.2) is 0 Å². The number of hydrogen-bond acceptors (Lipinski definition) is 3. The third kappa shape index (κ3) is 4.72. The summed E-state index contributed by atoms with van der Waals surface area (Å²) in [6, 6.07) is 12.3. The summed E-state index contributed by atoms with van der Waals surface area (Å²) in [7, 11) is 0. The van der Waals surface area contributed by atoms with E-state index in [4.69, 9.17) is 4.99 Å². The summed E-state index contributed by atoms with van der Waals surface area (Å²) in [5.41, 5.74) is 5.05. The molecule has 35 heavy (non-hydrogen) atoms. The minimum atomic E-state index is -0.0447. The quantitative estimate of drug-likeness (QED) is 0.441. The number of nitrogens with zero attached hydrogens (tertiary/aromatic N) is 3. The van der Waals surface area contributed by atoms with Crippen LogP contribution in [0.5, 0.6) is 0 Å². The van der Waals surface area contributed by atoms with Crippen molar-refractivity contribution in [1.29, 1.82) is 0 Å². The fourth-order valence-electron chi connectivity index (χ4n) is 5.60. The molecule has 1 aliphatic heterocycles. The SMILES string of the molecule is CCC1=N/C=C\CC/C=C\1n1cc(C(=O)NCC2(c3cccnc3)CCCCC2)c2ccccc21. The predicted octanol–water partition coefficient (Wildman–Crippen LogP) is 6.67. The lowest BCUT2D eigenvalue weighted by Gasteiger charge is -2.37. The van der Waals surface area contributed by atoms with Crippen LogP contribution < -0.4 is 5.32 Å². The molecule has 0 radical (unpaired) electrons. The lowest BCUT2D eigenvalue weighted by molar-refractivity contribution is 0.0938. The monoisotopic (exact) mass is 466 g/mol. The van der Waals surface area contributed by atoms with Crippen molar-refractivity contribution in [1.82, 2.24) is 14.9 Å². The third-order valence-corrected chi connectivity index (χ3v) is 7.53. The normalized spacial score (nSPS) is 21.7. The van der Waals surface area contributed by atoms with Gasteiger partial charge in [0.05, 0.1) is 22.5 Å². The van der Waals surface area contributed by atoms with E-state index in [1.807, 2.05) is 49.1 Å². The average molecular weight is 467 g/mol. The standard InChI is InChI=1S/C30H34N4O/c1-2-26-28(15-5-3-10-19-32-26)34-21-25(24-13-6-7-14-27(24)34)29(35)33-22-30(16-8-4-9-17-30)23-12-11-18-31-20-23/h6-7,10-15,18-21H,2-5,8-9,16-17,22H2,1H3,(H,33,35)/b19-10-,28-15+,32-26-. The van der Waals surface area contributed by atoms with Gasteiger partial charge in [-0.2, -0.15) is 0 Å². The molecule has 1 aromatic carbocycles. The highest BCUT2D eigenvalue weighted by molar-refractivity contribution is 6.21. The Kier molecular flexibility index (Phi) is 6.94. The van der Waals surface area contributed by atoms with Gasteiger partial charge in [0.25, 0.3) is 5.91 Å². The number of amides is 1. The molecule has 1 fully saturated rings. The van der Waals surface area contributed by atoms with Gasteiger partial charge in [-0.1, -0.05) is 62.6 Å². The Morgan fingerprint density at radius 2 is 1.94 bits per heavy atom. The highest BCUT2D eigenvalue weighted by atomic mass is 16.1. The predicted molar refractivity (Wildman–Crippen MR) is 144 cm³/mol. The number of hydrogen-bond donors (Lipinski definition) is 1. The second-order valence-corrected chi connectivity index (χ2v) is 9.68. The van der Waals surface area contributed by atoms with E-state index < -0.39 is 0 Å². The van der Waals surface area contributed by atoms with Crippen LogP contribution >= 0.6 is 0 Å². The van der Waals surface area contributed by atoms with Crippen LogP contribution in [0, 0.1) is 0 Å². The minimum Gasteiger partial charge on any atom is -0.351 e. The van der Waals surface area contributed by atoms with Gasteiger partial charge in [-0.15, -0.1) is 0 Å². The number of carbonyl (C=O) groups excluding carboxylic acids is 1. The Labute approximate surface area is 207 Å². The molecule has 2 aliphatic rings. The van der Waals surface area contributed by atoms with Crippen LogP contribution in [0.3, 0.4) is 0 Å². The molecule has 1 amide bonds. The molecule has 1 saturated carbocycles. The fourth-order valence-corrected chi connectivity index (χ4v) is 5.60. The largest absolute Gasteiger partial charge is 0.351 e. The van der Waals surface area contributed by atoms with E-state index in [0.717, 1.165) is 54.4 Å². The molecule has 0 unspecified atom stereocenters. The minimum absolute atomic E-state index is 0.0184. The second-order valence-electron chi connectivity index (χ2n) is 9.68. The van der Waals surface area contributed by atoms with Crippen molar-refractivity contribution in [3.8, 4) is 0 Å². The number of rotatable bonds is 6. The lowest BCUT2D eigenvalue weighted by atomic mass is 9.70. The number of carbonyl (C=O) groups is 1. The molecule has 0 spiro atoms. The molecule has 2 aromatic heterocycles. The molecule has 180 valence electrons. The second kappa shape index (κ2) is 10.4. The van der Waals surface area contributed by atoms with Crippen molar-refractivity contribution in [2.75, 3.05) is 6.54 Å². The molecule has 5 nitrogen and oxygen atoms in total. The van der Waals surface area contributed by atoms with E-state index in [9.17, 15) is 4.79 Å². The zero-order chi connectivity index (χ0) is 24.1. The van der Waals surface area contributed by atoms with Crippen LogP contribution in [0.4, 0.5) is 0 Å². The number of fused-ring (bicyclic) bond motifs is 1. The van der Waals surface area contributed by atoms with Crippen molar-refractivity contribution >= 4 is 28.2 Å². The summed E-state index contributed by atoms with van der Waals surface area (Å²) >= 11 is 0. The van der Waals surface area contributed by atoms with Gasteiger partial charge in [0, 0.05) is 42.1 Å². The molecule has 0 atom stereocenters. The number of aromatic nitrogens is 2. The van der Waals surface area contributed by atoms with Crippen LogP contribution in [0.2, 0.25) is 0 Å². The van der Waals surface area contributed by atoms with Crippen molar-refractivity contribution in [2.45, 2.75) is 63.7 Å². The van der Waals surface area contributed by atoms with Crippen LogP contribution in [0.25, 0.3) is 16.6 Å². The Morgan fingerprint density at radius 3 is 2.74 bits per heavy atom. The third-order valence-electron chi connectivity index (χ3n) is 7.53. The summed E-state index contributed by atoms with van der Waals surface area (Å²) < 4.78 is 2.16. The molecular formula is C30H34N4O. The molecule has 1 aliphatic carbocycles. The Morgan fingerprint density at radius 1 is 1.09 bits per heavy atom. The fraction of sp³-hybridized carbons (Fsp3) is 0.367. The number of allylic oxidation sites excluding steroid dienone is 3. The van der Waals surface area contributed by atoms with Gasteiger partial charge in [0.2, 0.25) is 0 Å². The Balaban J connectivity index is 1.47. The number of pyridine rings is 1. The molecule has 3 heterocycles. The van der Waals surface area contributed by atoms with Gasteiger partial charge < -0.3 is 9.88 Å². The van der Waals surface area contributed by atoms with E-state index in [1.54, 1.807) is 0 Å². The number of para-hydroxylation sites is 1. The number of aliphatic imine (C=N–C) groups is 1. The smallest absolute Gasteiger partial charge is 0.253 e. The molecule has 3 aromatic rings. The van der Waals surface area contributed by atoms with E-state index >= 15 is 0 Å². The van der Waals surface area contributed by atoms with E-state index in [-0.39, 0.29) is 11.3 Å². The van der Waals surface area contributed by atoms with Gasteiger partial charge >= 0.3 is 0 Å². The molecule has 0 bridgehead atoms. The van der Waals surface area contributed by atoms with Crippen LogP contribution in [0.1, 0.15) is 74.2 Å². The number of benzene rings is 1. The molecule has 5 rings (SSSR count). The van der Waals surface area contributed by atoms with E-state index in [1.165, 1.54) is 24.8 Å². The lowest BCUT2D eigenvalue weighted by Crippen LogP contribution is -2.42. The summed E-state index contributed by atoms with van der Waals surface area (Å²) in [4.78, 5) is 22.7. The summed E-state index contributed by atoms with van der Waals surface area (Å²) in [5, 5.41) is 4.29. The van der Waals surface area contributed by atoms with Gasteiger partial charge in [-0.25, -0.2) is 0 Å². The average Bonchev–Trinajstić information content (AvgIpc) is 3.28. The molecular weight excluding hydrogens is 432 g/mol. The van der Waals surface area contributed by atoms with Crippen molar-refractivity contribution in [3.05, 3.63) is 84.5 Å². The summed E-state index contributed by atoms with van der Waals surface area (Å²) in [5.74, 6) is -0.0184. The van der Waals surface area contributed by atoms with Crippen LogP contribution in [0.15, 0.2) is 78.3 Å². The molecule has 1 N–H and O–H groups in total. The number of nitrogens with one attached hydrogen (secondary N) is 1. The summed E-state index contributed by atoms with van der Waals surface area (Å²) in [6.07, 6.45) is 20.6. The highest BCUT2D eigenvalue weighted by Crippen LogP contribution is 2.39. The van der Waals surface area contributed by atoms with Crippen LogP contribution in [-0.2, 0) is 5.41 Å². The van der Waals surface area contributed by atoms with E-state index in [0.29, 0.717) is 12.1 Å². The maximum absolute atomic E-state index is 13.6. The first-order chi connectivity index (χ1) is 17.2. The topological polar surface area (TPSA) is 59.3 Å². The van der Waals surface area contributed by atoms with Gasteiger partial charge in [-0.05, 0) is 49.8 Å². The van der Waals surface area contributed by atoms with Gasteiger partial charge in [-0.3, -0.25) is 14.8 Å². The molecule has 0 saturated heterocycles. The first-order valence-electron chi connectivity index (χ1n) is 12.9. The Hall–Kier alpha value is -3.47. The highest BCUT2D eigenvalue weighted by Gasteiger charge is 2.34. The zero-order valence-corrected chi connectivity index (χ0v) is 20.5. The van der Waals surface area contributed by atoms with Crippen LogP contribution in [-0.4, -0.2) is 27.7 Å². The first-order valence-corrected chi connectivity index (χ1v) is 12.9. The van der Waals surface area contributed by atoms with Crippen molar-refractivity contribution < 1.29 is 4.79 Å². The first kappa shape index (κ1) is 23.3. The maximum Gasteiger partial charge on any atom is 0.253 e. The van der Waals surface area contributed by atoms with E-state index in [2.05, 4.69) is 46.1 Å². The Bertz CT molecular complexity index is 1280. The zero-order valence-electron chi connectivity index (χ0n) is 20.5. The molecule has 5 heteroatoms. The van der Waals surface area contributed by atoms with Crippen molar-refractivity contribution in [3.63, 3.8) is 0 Å². The summed E-state index contributed by atoms with van der Waals surface area (Å²) in [6.45, 7) is 2.76. The van der Waals surface area contributed by atoms with Crippen molar-refractivity contribution in [2.24, 2.45) is 4.99 Å². The van der Waals surface area contributed by atoms with Gasteiger partial charge in [0.1, 0.15) is 0 Å².